The Balaban J connectivity index is 1.67. The molecular weight excluding hydrogens is 272 g/mol. The first-order valence-corrected chi connectivity index (χ1v) is 7.17. The SMILES string of the molecule is O=C1CCC2CN(Cc3ncncc3C(=O)O)CCC2N1. The average Bonchev–Trinajstić information content (AvgIpc) is 2.48. The fraction of sp³-hybridized carbons (Fsp3) is 0.571. The van der Waals surface area contributed by atoms with Gasteiger partial charge < -0.3 is 10.4 Å². The maximum Gasteiger partial charge on any atom is 0.339 e. The molecule has 1 aromatic rings. The van der Waals surface area contributed by atoms with Crippen LogP contribution in [0.3, 0.4) is 0 Å². The number of rotatable bonds is 3. The monoisotopic (exact) mass is 290 g/mol. The van der Waals surface area contributed by atoms with E-state index in [4.69, 9.17) is 5.11 Å². The molecule has 0 radical (unpaired) electrons. The number of amides is 1. The molecule has 2 aliphatic rings. The third kappa shape index (κ3) is 3.02. The topological polar surface area (TPSA) is 95.4 Å². The second-order valence-electron chi connectivity index (χ2n) is 5.68. The number of carboxylic acids is 1. The molecule has 3 heterocycles. The predicted octanol–water partition coefficient (Wildman–Crippen LogP) is 0.275. The summed E-state index contributed by atoms with van der Waals surface area (Å²) in [4.78, 5) is 32.7. The number of likely N-dealkylation sites (tertiary alicyclic amines) is 1. The first kappa shape index (κ1) is 13.9. The van der Waals surface area contributed by atoms with Crippen LogP contribution >= 0.6 is 0 Å². The van der Waals surface area contributed by atoms with E-state index in [-0.39, 0.29) is 17.5 Å². The number of carboxylic acid groups (broad SMARTS) is 1. The van der Waals surface area contributed by atoms with Gasteiger partial charge in [-0.3, -0.25) is 9.69 Å². The molecule has 7 nitrogen and oxygen atoms in total. The number of nitrogens with zero attached hydrogens (tertiary/aromatic N) is 3. The van der Waals surface area contributed by atoms with Crippen molar-refractivity contribution in [1.82, 2.24) is 20.2 Å². The van der Waals surface area contributed by atoms with Crippen molar-refractivity contribution in [2.75, 3.05) is 13.1 Å². The number of fused-ring (bicyclic) bond motifs is 1. The quantitative estimate of drug-likeness (QED) is 0.830. The Morgan fingerprint density at radius 2 is 2.33 bits per heavy atom. The molecular formula is C14H18N4O3. The number of piperidine rings is 2. The van der Waals surface area contributed by atoms with Gasteiger partial charge >= 0.3 is 5.97 Å². The summed E-state index contributed by atoms with van der Waals surface area (Å²) in [6.07, 6.45) is 5.13. The summed E-state index contributed by atoms with van der Waals surface area (Å²) < 4.78 is 0. The summed E-state index contributed by atoms with van der Waals surface area (Å²) in [5.74, 6) is -0.398. The maximum atomic E-state index is 11.4. The van der Waals surface area contributed by atoms with Crippen LogP contribution < -0.4 is 5.32 Å². The minimum absolute atomic E-state index is 0.147. The lowest BCUT2D eigenvalue weighted by Gasteiger charge is -2.41. The van der Waals surface area contributed by atoms with Gasteiger partial charge in [0.25, 0.3) is 0 Å². The van der Waals surface area contributed by atoms with Crippen molar-refractivity contribution >= 4 is 11.9 Å². The van der Waals surface area contributed by atoms with Crippen LogP contribution in [0.2, 0.25) is 0 Å². The highest BCUT2D eigenvalue weighted by atomic mass is 16.4. The molecule has 3 rings (SSSR count). The lowest BCUT2D eigenvalue weighted by Crippen LogP contribution is -2.53. The summed E-state index contributed by atoms with van der Waals surface area (Å²) in [5, 5.41) is 12.2. The number of hydrogen-bond donors (Lipinski definition) is 2. The van der Waals surface area contributed by atoms with Gasteiger partial charge in [-0.25, -0.2) is 14.8 Å². The van der Waals surface area contributed by atoms with Crippen molar-refractivity contribution < 1.29 is 14.7 Å². The van der Waals surface area contributed by atoms with Crippen LogP contribution in [0.1, 0.15) is 35.3 Å². The zero-order valence-corrected chi connectivity index (χ0v) is 11.7. The number of hydrogen-bond acceptors (Lipinski definition) is 5. The number of carbonyl (C=O) groups is 2. The molecule has 2 unspecified atom stereocenters. The van der Waals surface area contributed by atoms with Gasteiger partial charge in [-0.2, -0.15) is 0 Å². The average molecular weight is 290 g/mol. The second kappa shape index (κ2) is 5.77. The molecule has 1 amide bonds. The fourth-order valence-electron chi connectivity index (χ4n) is 3.20. The molecule has 0 aliphatic carbocycles. The van der Waals surface area contributed by atoms with E-state index in [0.717, 1.165) is 25.9 Å². The molecule has 2 aliphatic heterocycles. The first-order valence-electron chi connectivity index (χ1n) is 7.17. The van der Waals surface area contributed by atoms with Gasteiger partial charge in [-0.05, 0) is 18.8 Å². The van der Waals surface area contributed by atoms with Crippen LogP contribution in [0.4, 0.5) is 0 Å². The summed E-state index contributed by atoms with van der Waals surface area (Å²) in [5.41, 5.74) is 0.715. The molecule has 0 bridgehead atoms. The Morgan fingerprint density at radius 3 is 3.14 bits per heavy atom. The maximum absolute atomic E-state index is 11.4. The van der Waals surface area contributed by atoms with Crippen LogP contribution in [0, 0.1) is 5.92 Å². The minimum atomic E-state index is -0.995. The lowest BCUT2D eigenvalue weighted by molar-refractivity contribution is -0.125. The van der Waals surface area contributed by atoms with E-state index in [1.807, 2.05) is 0 Å². The number of carbonyl (C=O) groups excluding carboxylic acids is 1. The molecule has 2 atom stereocenters. The van der Waals surface area contributed by atoms with Crippen LogP contribution in [0.15, 0.2) is 12.5 Å². The highest BCUT2D eigenvalue weighted by Crippen LogP contribution is 2.26. The smallest absolute Gasteiger partial charge is 0.339 e. The molecule has 7 heteroatoms. The number of nitrogens with one attached hydrogen (secondary N) is 1. The van der Waals surface area contributed by atoms with Crippen molar-refractivity contribution in [2.45, 2.75) is 31.8 Å². The van der Waals surface area contributed by atoms with E-state index in [0.29, 0.717) is 24.6 Å². The highest BCUT2D eigenvalue weighted by Gasteiger charge is 2.34. The van der Waals surface area contributed by atoms with Gasteiger partial charge in [0.15, 0.2) is 0 Å². The molecule has 0 saturated carbocycles. The summed E-state index contributed by atoms with van der Waals surface area (Å²) in [6.45, 7) is 2.22. The van der Waals surface area contributed by atoms with Crippen LogP contribution in [-0.4, -0.2) is 51.0 Å². The summed E-state index contributed by atoms with van der Waals surface area (Å²) >= 11 is 0. The Bertz CT molecular complexity index is 563. The van der Waals surface area contributed by atoms with Gasteiger partial charge in [0.1, 0.15) is 11.9 Å². The molecule has 21 heavy (non-hydrogen) atoms. The van der Waals surface area contributed by atoms with Crippen molar-refractivity contribution in [3.63, 3.8) is 0 Å². The van der Waals surface area contributed by atoms with Gasteiger partial charge in [0.2, 0.25) is 5.91 Å². The Labute approximate surface area is 122 Å². The van der Waals surface area contributed by atoms with Crippen molar-refractivity contribution in [1.29, 1.82) is 0 Å². The Kier molecular flexibility index (Phi) is 3.83. The lowest BCUT2D eigenvalue weighted by atomic mass is 9.85. The third-order valence-corrected chi connectivity index (χ3v) is 4.31. The first-order chi connectivity index (χ1) is 10.1. The van der Waals surface area contributed by atoms with Crippen LogP contribution in [0.25, 0.3) is 0 Å². The van der Waals surface area contributed by atoms with E-state index in [9.17, 15) is 9.59 Å². The molecule has 2 saturated heterocycles. The summed E-state index contributed by atoms with van der Waals surface area (Å²) in [6, 6.07) is 0.270. The van der Waals surface area contributed by atoms with E-state index in [1.165, 1.54) is 12.5 Å². The van der Waals surface area contributed by atoms with Gasteiger partial charge in [-0.15, -0.1) is 0 Å². The zero-order chi connectivity index (χ0) is 14.8. The van der Waals surface area contributed by atoms with E-state index in [2.05, 4.69) is 20.2 Å². The molecule has 2 fully saturated rings. The standard InChI is InChI=1S/C14H18N4O3/c19-13-2-1-9-6-18(4-3-11(9)17-13)7-12-10(14(20)21)5-15-8-16-12/h5,8-9,11H,1-4,6-7H2,(H,17,19)(H,20,21). The number of aromatic carboxylic acids is 1. The second-order valence-corrected chi connectivity index (χ2v) is 5.68. The summed E-state index contributed by atoms with van der Waals surface area (Å²) in [7, 11) is 0. The van der Waals surface area contributed by atoms with Crippen molar-refractivity contribution in [3.05, 3.63) is 23.8 Å². The Hall–Kier alpha value is -2.02. The van der Waals surface area contributed by atoms with E-state index < -0.39 is 5.97 Å². The fourth-order valence-corrected chi connectivity index (χ4v) is 3.20. The minimum Gasteiger partial charge on any atom is -0.478 e. The van der Waals surface area contributed by atoms with Gasteiger partial charge in [-0.1, -0.05) is 0 Å². The Morgan fingerprint density at radius 1 is 1.48 bits per heavy atom. The molecule has 0 spiro atoms. The van der Waals surface area contributed by atoms with Crippen LogP contribution in [-0.2, 0) is 11.3 Å². The van der Waals surface area contributed by atoms with Gasteiger partial charge in [0, 0.05) is 38.3 Å². The number of aromatic nitrogens is 2. The van der Waals surface area contributed by atoms with Gasteiger partial charge in [0.05, 0.1) is 5.69 Å². The van der Waals surface area contributed by atoms with Crippen molar-refractivity contribution in [3.8, 4) is 0 Å². The largest absolute Gasteiger partial charge is 0.478 e. The molecule has 112 valence electrons. The predicted molar refractivity (Wildman–Crippen MR) is 73.5 cm³/mol. The highest BCUT2D eigenvalue weighted by molar-refractivity contribution is 5.88. The third-order valence-electron chi connectivity index (χ3n) is 4.31. The molecule has 1 aromatic heterocycles. The molecule has 0 aromatic carbocycles. The van der Waals surface area contributed by atoms with Crippen LogP contribution in [0.5, 0.6) is 0 Å². The van der Waals surface area contributed by atoms with E-state index in [1.54, 1.807) is 0 Å². The van der Waals surface area contributed by atoms with E-state index >= 15 is 0 Å². The zero-order valence-electron chi connectivity index (χ0n) is 11.7. The molecule has 2 N–H and O–H groups in total. The normalized spacial score (nSPS) is 26.0. The van der Waals surface area contributed by atoms with Crippen molar-refractivity contribution in [2.24, 2.45) is 5.92 Å².